The maximum atomic E-state index is 6.53. The fraction of sp³-hybridized carbons (Fsp3) is 0.0556. The molecule has 5 heteroatoms. The van der Waals surface area contributed by atoms with E-state index in [1.54, 1.807) is 0 Å². The summed E-state index contributed by atoms with van der Waals surface area (Å²) in [6, 6.07) is 61.4. The monoisotopic (exact) mass is 757 g/mol. The molecular weight excluding hydrogens is 723 g/mol. The summed E-state index contributed by atoms with van der Waals surface area (Å²) in [6.45, 7) is 4.66. The Morgan fingerprint density at radius 3 is 1.63 bits per heavy atom. The average Bonchev–Trinajstić information content (AvgIpc) is 3.93. The molecule has 8 aromatic carbocycles. The van der Waals surface area contributed by atoms with Gasteiger partial charge in [-0.3, -0.25) is 0 Å². The van der Waals surface area contributed by atoms with Crippen molar-refractivity contribution in [1.82, 2.24) is 15.0 Å². The van der Waals surface area contributed by atoms with Crippen molar-refractivity contribution >= 4 is 43.9 Å². The van der Waals surface area contributed by atoms with E-state index in [0.717, 1.165) is 71.7 Å². The first-order chi connectivity index (χ1) is 29.0. The van der Waals surface area contributed by atoms with E-state index in [-0.39, 0.29) is 5.41 Å². The van der Waals surface area contributed by atoms with Crippen LogP contribution in [0, 0.1) is 0 Å². The first-order valence-electron chi connectivity index (χ1n) is 20.0. The highest BCUT2D eigenvalue weighted by Crippen LogP contribution is 2.50. The summed E-state index contributed by atoms with van der Waals surface area (Å²) < 4.78 is 13.0. The van der Waals surface area contributed by atoms with Crippen molar-refractivity contribution in [3.8, 4) is 67.5 Å². The molecule has 3 aromatic heterocycles. The third-order valence-corrected chi connectivity index (χ3v) is 12.2. The number of nitrogens with zero attached hydrogens (tertiary/aromatic N) is 3. The van der Waals surface area contributed by atoms with Crippen LogP contribution in [0.4, 0.5) is 0 Å². The normalized spacial score (nSPS) is 13.1. The Morgan fingerprint density at radius 2 is 0.881 bits per heavy atom. The molecule has 0 saturated carbocycles. The molecule has 0 fully saturated rings. The number of rotatable bonds is 5. The molecule has 1 aliphatic rings. The lowest BCUT2D eigenvalue weighted by Crippen LogP contribution is -2.14. The number of aromatic nitrogens is 3. The lowest BCUT2D eigenvalue weighted by Gasteiger charge is -2.22. The summed E-state index contributed by atoms with van der Waals surface area (Å²) in [4.78, 5) is 15.0. The van der Waals surface area contributed by atoms with Gasteiger partial charge in [-0.1, -0.05) is 141 Å². The second kappa shape index (κ2) is 12.7. The molecule has 278 valence electrons. The Kier molecular flexibility index (Phi) is 7.20. The van der Waals surface area contributed by atoms with Crippen LogP contribution in [-0.4, -0.2) is 15.0 Å². The highest BCUT2D eigenvalue weighted by Gasteiger charge is 2.35. The number of furan rings is 2. The smallest absolute Gasteiger partial charge is 0.164 e. The van der Waals surface area contributed by atoms with Gasteiger partial charge in [-0.05, 0) is 93.0 Å². The van der Waals surface area contributed by atoms with Gasteiger partial charge < -0.3 is 8.83 Å². The van der Waals surface area contributed by atoms with Gasteiger partial charge in [-0.15, -0.1) is 0 Å². The van der Waals surface area contributed by atoms with Gasteiger partial charge in [0.05, 0.1) is 0 Å². The molecule has 0 saturated heterocycles. The molecule has 0 aliphatic heterocycles. The average molecular weight is 758 g/mol. The van der Waals surface area contributed by atoms with Crippen molar-refractivity contribution in [3.63, 3.8) is 0 Å². The third-order valence-electron chi connectivity index (χ3n) is 12.2. The Bertz CT molecular complexity index is 3410. The molecule has 0 spiro atoms. The Balaban J connectivity index is 0.945. The van der Waals surface area contributed by atoms with Gasteiger partial charge in [0.2, 0.25) is 0 Å². The molecule has 1 aliphatic carbocycles. The summed E-state index contributed by atoms with van der Waals surface area (Å²) in [5, 5.41) is 4.15. The van der Waals surface area contributed by atoms with Crippen molar-refractivity contribution in [2.45, 2.75) is 19.3 Å². The van der Waals surface area contributed by atoms with E-state index in [4.69, 9.17) is 23.8 Å². The Hall–Kier alpha value is -7.63. The Morgan fingerprint density at radius 1 is 0.339 bits per heavy atom. The number of fused-ring (bicyclic) bond motifs is 9. The summed E-state index contributed by atoms with van der Waals surface area (Å²) >= 11 is 0. The first-order valence-corrected chi connectivity index (χ1v) is 20.0. The minimum Gasteiger partial charge on any atom is -0.456 e. The van der Waals surface area contributed by atoms with Gasteiger partial charge >= 0.3 is 0 Å². The molecule has 0 atom stereocenters. The van der Waals surface area contributed by atoms with Crippen LogP contribution in [0.5, 0.6) is 0 Å². The zero-order valence-electron chi connectivity index (χ0n) is 32.4. The maximum absolute atomic E-state index is 6.53. The molecule has 11 aromatic rings. The van der Waals surface area contributed by atoms with Crippen LogP contribution in [-0.2, 0) is 5.41 Å². The summed E-state index contributed by atoms with van der Waals surface area (Å²) in [5.41, 5.74) is 15.9. The molecule has 0 unspecified atom stereocenters. The lowest BCUT2D eigenvalue weighted by molar-refractivity contribution is 0.660. The van der Waals surface area contributed by atoms with Gasteiger partial charge in [0.15, 0.2) is 17.5 Å². The molecule has 0 N–H and O–H groups in total. The highest BCUT2D eigenvalue weighted by atomic mass is 16.3. The second-order valence-corrected chi connectivity index (χ2v) is 16.0. The van der Waals surface area contributed by atoms with E-state index in [0.29, 0.717) is 17.5 Å². The number of benzene rings is 8. The molecule has 12 rings (SSSR count). The predicted octanol–water partition coefficient (Wildman–Crippen LogP) is 14.3. The number of hydrogen-bond donors (Lipinski definition) is 0. The van der Waals surface area contributed by atoms with E-state index in [2.05, 4.69) is 117 Å². The van der Waals surface area contributed by atoms with Gasteiger partial charge in [-0.25, -0.2) is 15.0 Å². The Labute approximate surface area is 340 Å². The summed E-state index contributed by atoms with van der Waals surface area (Å²) in [7, 11) is 0. The van der Waals surface area contributed by atoms with E-state index in [1.165, 1.54) is 33.4 Å². The third kappa shape index (κ3) is 5.28. The topological polar surface area (TPSA) is 65.0 Å². The first kappa shape index (κ1) is 33.5. The van der Waals surface area contributed by atoms with Gasteiger partial charge in [0.25, 0.3) is 0 Å². The summed E-state index contributed by atoms with van der Waals surface area (Å²) in [5.74, 6) is 1.83. The van der Waals surface area contributed by atoms with Crippen LogP contribution < -0.4 is 0 Å². The van der Waals surface area contributed by atoms with Crippen molar-refractivity contribution in [2.24, 2.45) is 0 Å². The number of hydrogen-bond acceptors (Lipinski definition) is 5. The minimum atomic E-state index is -0.0529. The van der Waals surface area contributed by atoms with Gasteiger partial charge in [0, 0.05) is 43.7 Å². The molecule has 0 radical (unpaired) electrons. The SMILES string of the molecule is CC1(C)c2ccccc2-c2ccc(-c3ccc4oc5cc(-c6ccc7oc8cccc(-c9nc(-c%10ccccc%10)nc(-c%10ccccc%10)n9)c8c7c6)ccc5c4c3)cc21. The van der Waals surface area contributed by atoms with E-state index >= 15 is 0 Å². The van der Waals surface area contributed by atoms with Crippen molar-refractivity contribution in [2.75, 3.05) is 0 Å². The predicted molar refractivity (Wildman–Crippen MR) is 239 cm³/mol. The van der Waals surface area contributed by atoms with Crippen LogP contribution >= 0.6 is 0 Å². The zero-order valence-corrected chi connectivity index (χ0v) is 32.4. The van der Waals surface area contributed by atoms with Crippen LogP contribution in [0.25, 0.3) is 111 Å². The molecule has 3 heterocycles. The second-order valence-electron chi connectivity index (χ2n) is 16.0. The van der Waals surface area contributed by atoms with Crippen LogP contribution in [0.3, 0.4) is 0 Å². The van der Waals surface area contributed by atoms with Gasteiger partial charge in [0.1, 0.15) is 22.3 Å². The van der Waals surface area contributed by atoms with Crippen molar-refractivity contribution < 1.29 is 8.83 Å². The molecule has 0 amide bonds. The maximum Gasteiger partial charge on any atom is 0.164 e. The lowest BCUT2D eigenvalue weighted by atomic mass is 9.81. The van der Waals surface area contributed by atoms with Crippen LogP contribution in [0.15, 0.2) is 185 Å². The van der Waals surface area contributed by atoms with Crippen LogP contribution in [0.1, 0.15) is 25.0 Å². The fourth-order valence-corrected chi connectivity index (χ4v) is 9.14. The minimum absolute atomic E-state index is 0.0529. The molecule has 5 nitrogen and oxygen atoms in total. The standard InChI is InChI=1S/C54H35N3O2/c1-54(2)44-18-10-9-16-38(44)39-24-20-36(30-45(39)54)34-22-26-46-42(28-34)40-25-21-37(31-49(40)59-46)35-23-27-47-43(29-35)50-41(17-11-19-48(50)58-47)53-56-51(32-12-5-3-6-13-32)55-52(57-53)33-14-7-4-8-15-33/h3-31H,1-2H3. The van der Waals surface area contributed by atoms with E-state index in [9.17, 15) is 0 Å². The summed E-state index contributed by atoms with van der Waals surface area (Å²) in [6.07, 6.45) is 0. The zero-order chi connectivity index (χ0) is 39.2. The molecule has 0 bridgehead atoms. The van der Waals surface area contributed by atoms with Crippen molar-refractivity contribution in [1.29, 1.82) is 0 Å². The van der Waals surface area contributed by atoms with E-state index < -0.39 is 0 Å². The fourth-order valence-electron chi connectivity index (χ4n) is 9.14. The highest BCUT2D eigenvalue weighted by molar-refractivity contribution is 6.13. The quantitative estimate of drug-likeness (QED) is 0.175. The molecule has 59 heavy (non-hydrogen) atoms. The van der Waals surface area contributed by atoms with E-state index in [1.807, 2.05) is 72.8 Å². The van der Waals surface area contributed by atoms with Crippen LogP contribution in [0.2, 0.25) is 0 Å². The van der Waals surface area contributed by atoms with Crippen molar-refractivity contribution in [3.05, 3.63) is 187 Å². The molecular formula is C54H35N3O2. The largest absolute Gasteiger partial charge is 0.456 e. The van der Waals surface area contributed by atoms with Gasteiger partial charge in [-0.2, -0.15) is 0 Å².